The predicted molar refractivity (Wildman–Crippen MR) is 85.2 cm³/mol. The van der Waals surface area contributed by atoms with Crippen molar-refractivity contribution in [1.29, 1.82) is 0 Å². The van der Waals surface area contributed by atoms with E-state index in [9.17, 15) is 0 Å². The lowest BCUT2D eigenvalue weighted by atomic mass is 9.18. The molecule has 10 fully saturated rings. The highest BCUT2D eigenvalue weighted by Crippen LogP contribution is 2.88. The number of hydrogen-bond acceptors (Lipinski definition) is 0. The summed E-state index contributed by atoms with van der Waals surface area (Å²) in [6.45, 7) is 0. The maximum atomic E-state index is 6.25. The molecule has 22 heavy (non-hydrogen) atoms. The zero-order valence-electron chi connectivity index (χ0n) is 13.2. The Labute approximate surface area is 133 Å². The third kappa shape index (κ3) is 0.827. The Morgan fingerprint density at radius 1 is 0.773 bits per heavy atom. The average Bonchev–Trinajstić information content (AvgIpc) is 2.53. The molecule has 0 heteroatoms. The van der Waals surface area contributed by atoms with E-state index in [0.717, 1.165) is 47.3 Å². The number of terminal acetylenes is 2. The summed E-state index contributed by atoms with van der Waals surface area (Å²) in [5, 5.41) is 0. The van der Waals surface area contributed by atoms with Gasteiger partial charge in [0.2, 0.25) is 0 Å². The van der Waals surface area contributed by atoms with Crippen LogP contribution in [0.15, 0.2) is 0 Å². The van der Waals surface area contributed by atoms with Crippen molar-refractivity contribution in [3.63, 3.8) is 0 Å². The van der Waals surface area contributed by atoms with Crippen LogP contribution in [0.1, 0.15) is 44.9 Å². The first-order chi connectivity index (χ1) is 10.7. The summed E-state index contributed by atoms with van der Waals surface area (Å²) < 4.78 is 0. The van der Waals surface area contributed by atoms with Gasteiger partial charge in [0, 0.05) is 10.8 Å². The van der Waals surface area contributed by atoms with Crippen molar-refractivity contribution in [3.05, 3.63) is 0 Å². The summed E-state index contributed by atoms with van der Waals surface area (Å²) >= 11 is 0. The van der Waals surface area contributed by atoms with Crippen LogP contribution in [-0.2, 0) is 0 Å². The third-order valence-electron chi connectivity index (χ3n) is 10.5. The van der Waals surface area contributed by atoms with Gasteiger partial charge in [-0.2, -0.15) is 0 Å². The van der Waals surface area contributed by atoms with Gasteiger partial charge in [0.05, 0.1) is 0 Å². The largest absolute Gasteiger partial charge is 0.120 e. The molecule has 10 saturated carbocycles. The van der Waals surface area contributed by atoms with E-state index in [2.05, 4.69) is 11.8 Å². The second kappa shape index (κ2) is 2.93. The maximum absolute atomic E-state index is 6.25. The molecule has 10 rings (SSSR count). The highest BCUT2D eigenvalue weighted by atomic mass is 14.9. The minimum Gasteiger partial charge on any atom is -0.120 e. The fourth-order valence-corrected chi connectivity index (χ4v) is 10.8. The Balaban J connectivity index is 1.55. The Hall–Kier alpha value is -0.880. The van der Waals surface area contributed by atoms with Crippen LogP contribution in [0.25, 0.3) is 0 Å². The van der Waals surface area contributed by atoms with Gasteiger partial charge in [-0.25, -0.2) is 0 Å². The molecular weight excluding hydrogens is 264 g/mol. The summed E-state index contributed by atoms with van der Waals surface area (Å²) in [4.78, 5) is 0. The molecule has 0 aromatic rings. The average molecular weight is 288 g/mol. The fraction of sp³-hybridized carbons (Fsp3) is 0.818. The van der Waals surface area contributed by atoms with E-state index in [-0.39, 0.29) is 0 Å². The van der Waals surface area contributed by atoms with Gasteiger partial charge in [-0.3, -0.25) is 0 Å². The zero-order valence-corrected chi connectivity index (χ0v) is 13.2. The second-order valence-corrected chi connectivity index (χ2v) is 10.4. The highest BCUT2D eigenvalue weighted by molar-refractivity contribution is 5.37. The molecule has 0 amide bonds. The normalized spacial score (nSPS) is 73.5. The summed E-state index contributed by atoms with van der Waals surface area (Å²) in [5.41, 5.74) is 1.26. The van der Waals surface area contributed by atoms with Gasteiger partial charge in [-0.1, -0.05) is 11.8 Å². The van der Waals surface area contributed by atoms with E-state index >= 15 is 0 Å². The molecule has 0 aliphatic heterocycles. The smallest absolute Gasteiger partial charge is 0.0377 e. The SMILES string of the molecule is C#CC12CC3C4CC5(C#C)C6CC7CC5C(C4C1)C(C7)(C2)C36. The van der Waals surface area contributed by atoms with Crippen molar-refractivity contribution >= 4 is 0 Å². The Kier molecular flexibility index (Phi) is 1.55. The molecule has 1 spiro atoms. The quantitative estimate of drug-likeness (QED) is 0.592. The minimum atomic E-state index is 0.292. The monoisotopic (exact) mass is 288 g/mol. The van der Waals surface area contributed by atoms with Crippen LogP contribution in [0.3, 0.4) is 0 Å². The summed E-state index contributed by atoms with van der Waals surface area (Å²) in [7, 11) is 0. The number of rotatable bonds is 0. The molecular formula is C22H24. The van der Waals surface area contributed by atoms with Gasteiger partial charge in [-0.15, -0.1) is 12.8 Å². The van der Waals surface area contributed by atoms with E-state index in [1.165, 1.54) is 44.9 Å². The zero-order chi connectivity index (χ0) is 14.5. The van der Waals surface area contributed by atoms with Crippen LogP contribution < -0.4 is 0 Å². The molecule has 0 aromatic carbocycles. The second-order valence-electron chi connectivity index (χ2n) is 10.4. The van der Waals surface area contributed by atoms with Crippen LogP contribution in [0.5, 0.6) is 0 Å². The summed E-state index contributed by atoms with van der Waals surface area (Å²) in [6, 6.07) is 0. The first-order valence-electron chi connectivity index (χ1n) is 9.62. The van der Waals surface area contributed by atoms with Crippen LogP contribution in [0.2, 0.25) is 0 Å². The van der Waals surface area contributed by atoms with Crippen molar-refractivity contribution in [3.8, 4) is 24.7 Å². The molecule has 10 aliphatic rings. The van der Waals surface area contributed by atoms with Crippen molar-refractivity contribution in [1.82, 2.24) is 0 Å². The molecule has 0 aromatic heterocycles. The molecule has 112 valence electrons. The lowest BCUT2D eigenvalue weighted by molar-refractivity contribution is -0.372. The molecule has 0 N–H and O–H groups in total. The van der Waals surface area contributed by atoms with Crippen LogP contribution >= 0.6 is 0 Å². The van der Waals surface area contributed by atoms with Crippen LogP contribution in [0, 0.1) is 88.3 Å². The summed E-state index contributed by atoms with van der Waals surface area (Å²) in [5.74, 6) is 14.3. The standard InChI is InChI=1S/C22H24/c1-3-20-8-14-13-10-21(4-2)16-5-12-6-17(21)19(15(13)9-20)22(7-12,11-20)18(14)16/h1-2,12-19H,5-11H2. The molecule has 0 heterocycles. The molecule has 6 atom stereocenters. The predicted octanol–water partition coefficient (Wildman–Crippen LogP) is 3.97. The molecule has 0 saturated heterocycles. The Bertz CT molecular complexity index is 667. The van der Waals surface area contributed by atoms with Gasteiger partial charge in [0.25, 0.3) is 0 Å². The van der Waals surface area contributed by atoms with Gasteiger partial charge in [0.15, 0.2) is 0 Å². The Morgan fingerprint density at radius 3 is 2.05 bits per heavy atom. The van der Waals surface area contributed by atoms with Crippen molar-refractivity contribution in [2.45, 2.75) is 44.9 Å². The molecule has 0 radical (unpaired) electrons. The van der Waals surface area contributed by atoms with E-state index in [1.807, 2.05) is 0 Å². The number of hydrogen-bond donors (Lipinski definition) is 0. The van der Waals surface area contributed by atoms with Crippen molar-refractivity contribution < 1.29 is 0 Å². The Morgan fingerprint density at radius 2 is 1.45 bits per heavy atom. The molecule has 6 unspecified atom stereocenters. The van der Waals surface area contributed by atoms with E-state index in [4.69, 9.17) is 12.8 Å². The molecule has 0 nitrogen and oxygen atoms in total. The van der Waals surface area contributed by atoms with E-state index < -0.39 is 0 Å². The van der Waals surface area contributed by atoms with Gasteiger partial charge < -0.3 is 0 Å². The lowest BCUT2D eigenvalue weighted by Crippen LogP contribution is -2.81. The topological polar surface area (TPSA) is 0 Å². The van der Waals surface area contributed by atoms with Crippen LogP contribution in [-0.4, -0.2) is 0 Å². The third-order valence-corrected chi connectivity index (χ3v) is 10.5. The lowest BCUT2D eigenvalue weighted by Gasteiger charge is -2.86. The fourth-order valence-electron chi connectivity index (χ4n) is 10.8. The van der Waals surface area contributed by atoms with Crippen molar-refractivity contribution in [2.75, 3.05) is 0 Å². The van der Waals surface area contributed by atoms with Gasteiger partial charge in [0.1, 0.15) is 0 Å². The van der Waals surface area contributed by atoms with E-state index in [0.29, 0.717) is 16.2 Å². The molecule has 10 aliphatic carbocycles. The van der Waals surface area contributed by atoms with E-state index in [1.54, 1.807) is 0 Å². The summed E-state index contributed by atoms with van der Waals surface area (Å²) in [6.07, 6.45) is 22.3. The minimum absolute atomic E-state index is 0.292. The highest BCUT2D eigenvalue weighted by Gasteiger charge is 2.83. The van der Waals surface area contributed by atoms with Crippen LogP contribution in [0.4, 0.5) is 0 Å². The first-order valence-corrected chi connectivity index (χ1v) is 9.62. The maximum Gasteiger partial charge on any atom is 0.0377 e. The van der Waals surface area contributed by atoms with Gasteiger partial charge in [-0.05, 0) is 97.7 Å². The van der Waals surface area contributed by atoms with Gasteiger partial charge >= 0.3 is 0 Å². The first kappa shape index (κ1) is 11.6. The molecule has 11 bridgehead atoms. The van der Waals surface area contributed by atoms with Crippen molar-refractivity contribution in [2.24, 2.45) is 63.6 Å².